The molecule has 2 aliphatic heterocycles. The maximum absolute atomic E-state index is 13.0. The van der Waals surface area contributed by atoms with Crippen molar-refractivity contribution < 1.29 is 23.9 Å². The summed E-state index contributed by atoms with van der Waals surface area (Å²) in [5.74, 6) is -2.13. The van der Waals surface area contributed by atoms with Gasteiger partial charge in [-0.2, -0.15) is 0 Å². The van der Waals surface area contributed by atoms with Crippen molar-refractivity contribution >= 4 is 45.8 Å². The molecule has 3 amide bonds. The minimum absolute atomic E-state index is 0.0567. The highest BCUT2D eigenvalue weighted by molar-refractivity contribution is 6.22. The van der Waals surface area contributed by atoms with Gasteiger partial charge in [0.15, 0.2) is 0 Å². The van der Waals surface area contributed by atoms with Crippen molar-refractivity contribution in [2.75, 3.05) is 16.3 Å². The summed E-state index contributed by atoms with van der Waals surface area (Å²) in [7, 11) is 0. The van der Waals surface area contributed by atoms with Gasteiger partial charge in [0.25, 0.3) is 0 Å². The predicted octanol–water partition coefficient (Wildman–Crippen LogP) is 4.25. The van der Waals surface area contributed by atoms with Crippen LogP contribution in [0.15, 0.2) is 78.9 Å². The quantitative estimate of drug-likeness (QED) is 0.241. The van der Waals surface area contributed by atoms with Crippen LogP contribution in [0.2, 0.25) is 0 Å². The molecular formula is C29H24N2O5. The van der Waals surface area contributed by atoms with Gasteiger partial charge in [-0.05, 0) is 36.4 Å². The lowest BCUT2D eigenvalue weighted by Gasteiger charge is -2.19. The largest absolute Gasteiger partial charge is 0.426 e. The Morgan fingerprint density at radius 1 is 0.833 bits per heavy atom. The van der Waals surface area contributed by atoms with Crippen molar-refractivity contribution in [2.45, 2.75) is 19.3 Å². The highest BCUT2D eigenvalue weighted by Gasteiger charge is 2.48. The molecule has 3 aromatic rings. The number of benzene rings is 3. The van der Waals surface area contributed by atoms with Crippen molar-refractivity contribution in [1.29, 1.82) is 0 Å². The van der Waals surface area contributed by atoms with Gasteiger partial charge in [-0.3, -0.25) is 19.2 Å². The number of anilines is 2. The third-order valence-corrected chi connectivity index (χ3v) is 7.32. The molecule has 0 bridgehead atoms. The van der Waals surface area contributed by atoms with Crippen LogP contribution in [0, 0.1) is 17.8 Å². The maximum atomic E-state index is 13.0. The molecule has 180 valence electrons. The van der Waals surface area contributed by atoms with Gasteiger partial charge in [0.2, 0.25) is 17.7 Å². The molecule has 2 heterocycles. The average molecular weight is 481 g/mol. The number of hydrogen-bond acceptors (Lipinski definition) is 5. The summed E-state index contributed by atoms with van der Waals surface area (Å²) in [5.41, 5.74) is 1.17. The van der Waals surface area contributed by atoms with Gasteiger partial charge in [-0.25, -0.2) is 4.90 Å². The molecule has 6 rings (SSSR count). The maximum Gasteiger partial charge on any atom is 0.316 e. The van der Waals surface area contributed by atoms with E-state index in [1.165, 1.54) is 11.0 Å². The molecule has 36 heavy (non-hydrogen) atoms. The Kier molecular flexibility index (Phi) is 5.40. The summed E-state index contributed by atoms with van der Waals surface area (Å²) < 4.78 is 5.63. The first-order chi connectivity index (χ1) is 17.5. The fourth-order valence-corrected chi connectivity index (χ4v) is 5.48. The van der Waals surface area contributed by atoms with E-state index in [1.807, 2.05) is 54.6 Å². The Morgan fingerprint density at radius 3 is 2.31 bits per heavy atom. The summed E-state index contributed by atoms with van der Waals surface area (Å²) in [6.07, 6.45) is 5.06. The number of fused-ring (bicyclic) bond motifs is 2. The fourth-order valence-electron chi connectivity index (χ4n) is 5.48. The molecule has 0 unspecified atom stereocenters. The van der Waals surface area contributed by atoms with E-state index in [-0.39, 0.29) is 48.3 Å². The van der Waals surface area contributed by atoms with Crippen molar-refractivity contribution in [3.05, 3.63) is 78.9 Å². The number of amides is 3. The molecule has 1 aliphatic carbocycles. The van der Waals surface area contributed by atoms with Crippen LogP contribution in [0.4, 0.5) is 11.4 Å². The Morgan fingerprint density at radius 2 is 1.53 bits per heavy atom. The lowest BCUT2D eigenvalue weighted by atomic mass is 9.85. The van der Waals surface area contributed by atoms with Gasteiger partial charge in [0.05, 0.1) is 29.1 Å². The molecule has 0 aromatic heterocycles. The van der Waals surface area contributed by atoms with Gasteiger partial charge in [0.1, 0.15) is 5.75 Å². The van der Waals surface area contributed by atoms with Crippen LogP contribution in [-0.2, 0) is 19.2 Å². The van der Waals surface area contributed by atoms with E-state index in [1.54, 1.807) is 23.1 Å². The zero-order valence-electron chi connectivity index (χ0n) is 19.5. The lowest BCUT2D eigenvalue weighted by Crippen LogP contribution is -2.31. The molecule has 0 N–H and O–H groups in total. The normalized spacial score (nSPS) is 23.4. The molecule has 3 aliphatic rings. The minimum Gasteiger partial charge on any atom is -0.426 e. The monoisotopic (exact) mass is 480 g/mol. The Labute approximate surface area is 207 Å². The summed E-state index contributed by atoms with van der Waals surface area (Å²) in [6.45, 7) is 0.227. The number of carbonyl (C=O) groups excluding carboxylic acids is 4. The summed E-state index contributed by atoms with van der Waals surface area (Å²) in [6, 6.07) is 20.1. The van der Waals surface area contributed by atoms with Crippen LogP contribution in [0.1, 0.15) is 19.3 Å². The SMILES string of the molecule is O=C(Oc1cccc(N2C(=O)[C@H]3CC=CC[C@H]3C2=O)c1)[C@H]1CC(=O)N(c2cccc3ccccc23)C1. The summed E-state index contributed by atoms with van der Waals surface area (Å²) in [4.78, 5) is 54.5. The van der Waals surface area contributed by atoms with Crippen molar-refractivity contribution in [3.63, 3.8) is 0 Å². The molecule has 2 saturated heterocycles. The molecule has 0 spiro atoms. The highest BCUT2D eigenvalue weighted by atomic mass is 16.5. The molecule has 0 radical (unpaired) electrons. The second-order valence-electron chi connectivity index (χ2n) is 9.49. The molecule has 3 atom stereocenters. The predicted molar refractivity (Wildman–Crippen MR) is 134 cm³/mol. The first kappa shape index (κ1) is 22.2. The van der Waals surface area contributed by atoms with Gasteiger partial charge >= 0.3 is 5.97 Å². The number of imide groups is 1. The van der Waals surface area contributed by atoms with E-state index in [0.29, 0.717) is 18.5 Å². The van der Waals surface area contributed by atoms with E-state index in [4.69, 9.17) is 4.74 Å². The Hall–Kier alpha value is -4.26. The molecule has 2 fully saturated rings. The van der Waals surface area contributed by atoms with Crippen molar-refractivity contribution in [1.82, 2.24) is 0 Å². The van der Waals surface area contributed by atoms with Crippen LogP contribution < -0.4 is 14.5 Å². The second-order valence-corrected chi connectivity index (χ2v) is 9.49. The zero-order valence-corrected chi connectivity index (χ0v) is 19.5. The summed E-state index contributed by atoms with van der Waals surface area (Å²) >= 11 is 0. The van der Waals surface area contributed by atoms with E-state index < -0.39 is 11.9 Å². The number of allylic oxidation sites excluding steroid dienone is 2. The zero-order chi connectivity index (χ0) is 24.8. The highest BCUT2D eigenvalue weighted by Crippen LogP contribution is 2.38. The van der Waals surface area contributed by atoms with Crippen LogP contribution in [0.25, 0.3) is 10.8 Å². The first-order valence-electron chi connectivity index (χ1n) is 12.1. The smallest absolute Gasteiger partial charge is 0.316 e. The number of nitrogens with zero attached hydrogens (tertiary/aromatic N) is 2. The third kappa shape index (κ3) is 3.68. The second kappa shape index (κ2) is 8.75. The first-order valence-corrected chi connectivity index (χ1v) is 12.1. The van der Waals surface area contributed by atoms with Crippen molar-refractivity contribution in [3.8, 4) is 5.75 Å². The number of esters is 1. The number of rotatable bonds is 4. The van der Waals surface area contributed by atoms with Gasteiger partial charge in [-0.1, -0.05) is 54.6 Å². The third-order valence-electron chi connectivity index (χ3n) is 7.32. The molecule has 3 aromatic carbocycles. The standard InChI is InChI=1S/C29H24N2O5/c32-26-15-19(17-30(26)25-14-5-8-18-7-1-2-11-22(18)25)29(35)36-21-10-6-9-20(16-21)31-27(33)23-12-3-4-13-24(23)28(31)34/h1-11,14,16,19,23-24H,12-13,15,17H2/t19-,23-,24+/m0/s1. The van der Waals surface area contributed by atoms with Gasteiger partial charge < -0.3 is 9.64 Å². The topological polar surface area (TPSA) is 84.0 Å². The number of ether oxygens (including phenoxy) is 1. The van der Waals surface area contributed by atoms with Crippen LogP contribution in [0.5, 0.6) is 5.75 Å². The lowest BCUT2D eigenvalue weighted by molar-refractivity contribution is -0.139. The van der Waals surface area contributed by atoms with E-state index >= 15 is 0 Å². The fraction of sp³-hybridized carbons (Fsp3) is 0.241. The van der Waals surface area contributed by atoms with Crippen molar-refractivity contribution in [2.24, 2.45) is 17.8 Å². The number of hydrogen-bond donors (Lipinski definition) is 0. The molecule has 7 nitrogen and oxygen atoms in total. The number of carbonyl (C=O) groups is 4. The average Bonchev–Trinajstić information content (AvgIpc) is 3.41. The van der Waals surface area contributed by atoms with E-state index in [2.05, 4.69) is 0 Å². The van der Waals surface area contributed by atoms with Crippen LogP contribution in [-0.4, -0.2) is 30.2 Å². The van der Waals surface area contributed by atoms with E-state index in [9.17, 15) is 19.2 Å². The minimum atomic E-state index is -0.621. The van der Waals surface area contributed by atoms with E-state index in [0.717, 1.165) is 16.5 Å². The Bertz CT molecular complexity index is 1410. The Balaban J connectivity index is 1.19. The molecule has 0 saturated carbocycles. The van der Waals surface area contributed by atoms with Crippen LogP contribution in [0.3, 0.4) is 0 Å². The molecular weight excluding hydrogens is 456 g/mol. The molecule has 7 heteroatoms. The van der Waals surface area contributed by atoms with Gasteiger partial charge in [0, 0.05) is 24.4 Å². The van der Waals surface area contributed by atoms with Crippen LogP contribution >= 0.6 is 0 Å². The summed E-state index contributed by atoms with van der Waals surface area (Å²) in [5, 5.41) is 1.97. The van der Waals surface area contributed by atoms with Gasteiger partial charge in [-0.15, -0.1) is 0 Å².